The summed E-state index contributed by atoms with van der Waals surface area (Å²) in [4.78, 5) is 0. The lowest BCUT2D eigenvalue weighted by Gasteiger charge is -2.23. The maximum Gasteiger partial charge on any atom is 0.461 e. The smallest absolute Gasteiger partial charge is 0.461 e. The first-order chi connectivity index (χ1) is 11.1. The quantitative estimate of drug-likeness (QED) is 0.394. The Labute approximate surface area is 135 Å². The van der Waals surface area contributed by atoms with Crippen molar-refractivity contribution in [3.63, 3.8) is 0 Å². The molecule has 24 heavy (non-hydrogen) atoms. The highest BCUT2D eigenvalue weighted by molar-refractivity contribution is 5.42. The van der Waals surface area contributed by atoms with E-state index >= 15 is 0 Å². The van der Waals surface area contributed by atoms with Gasteiger partial charge in [0.15, 0.2) is 11.9 Å². The van der Waals surface area contributed by atoms with E-state index in [-0.39, 0.29) is 0 Å². The summed E-state index contributed by atoms with van der Waals surface area (Å²) in [6.07, 6.45) is -8.14. The van der Waals surface area contributed by atoms with Crippen LogP contribution in [0, 0.1) is 23.2 Å². The van der Waals surface area contributed by atoms with Crippen LogP contribution in [0.4, 0.5) is 22.0 Å². The molecule has 0 spiro atoms. The number of hydrogen-bond donors (Lipinski definition) is 1. The highest BCUT2D eigenvalue weighted by atomic mass is 19.4. The number of aliphatic hydroxyl groups is 1. The van der Waals surface area contributed by atoms with E-state index in [9.17, 15) is 27.1 Å². The number of rotatable bonds is 4. The van der Waals surface area contributed by atoms with Crippen LogP contribution in [0.25, 0.3) is 0 Å². The zero-order valence-corrected chi connectivity index (χ0v) is 12.4. The first-order valence-electron chi connectivity index (χ1n) is 6.61. The number of alkyl halides is 5. The number of nitrogens with zero attached hydrogens (tertiary/aromatic N) is 1. The molecule has 0 aromatic heterocycles. The van der Waals surface area contributed by atoms with Crippen molar-refractivity contribution in [1.29, 1.82) is 5.26 Å². The predicted molar refractivity (Wildman–Crippen MR) is 74.6 cm³/mol. The van der Waals surface area contributed by atoms with Crippen LogP contribution in [0.5, 0.6) is 0 Å². The van der Waals surface area contributed by atoms with Crippen molar-refractivity contribution in [3.05, 3.63) is 47.2 Å². The maximum absolute atomic E-state index is 13.5. The molecule has 8 heteroatoms. The van der Waals surface area contributed by atoms with Gasteiger partial charge in [-0.1, -0.05) is 30.0 Å². The molecule has 0 aliphatic heterocycles. The maximum atomic E-state index is 13.5. The average molecular weight is 345 g/mol. The summed E-state index contributed by atoms with van der Waals surface area (Å²) in [6, 6.07) is 9.09. The van der Waals surface area contributed by atoms with Crippen LogP contribution in [0.2, 0.25) is 0 Å². The number of halogens is 5. The Morgan fingerprint density at radius 3 is 2.25 bits per heavy atom. The third-order valence-electron chi connectivity index (χ3n) is 2.70. The molecule has 0 radical (unpaired) electrons. The topological polar surface area (TPSA) is 53.2 Å². The number of nitriles is 1. The molecule has 1 aromatic rings. The molecular weight excluding hydrogens is 333 g/mol. The van der Waals surface area contributed by atoms with E-state index in [1.165, 1.54) is 19.1 Å². The number of ether oxygens (including phenoxy) is 1. The van der Waals surface area contributed by atoms with E-state index in [1.807, 2.05) is 0 Å². The van der Waals surface area contributed by atoms with Crippen LogP contribution in [0.1, 0.15) is 12.5 Å². The molecule has 0 amide bonds. The minimum atomic E-state index is -5.98. The highest BCUT2D eigenvalue weighted by Crippen LogP contribution is 2.43. The molecule has 0 aliphatic carbocycles. The second-order valence-corrected chi connectivity index (χ2v) is 4.40. The monoisotopic (exact) mass is 345 g/mol. The molecule has 3 nitrogen and oxygen atoms in total. The molecule has 128 valence electrons. The molecule has 1 rings (SSSR count). The van der Waals surface area contributed by atoms with Crippen molar-refractivity contribution < 1.29 is 31.8 Å². The normalized spacial score (nSPS) is 13.9. The molecule has 1 aromatic carbocycles. The first kappa shape index (κ1) is 19.5. The molecule has 0 bridgehead atoms. The highest BCUT2D eigenvalue weighted by Gasteiger charge is 2.62. The Kier molecular flexibility index (Phi) is 6.33. The number of aliphatic hydroxyl groups excluding tert-OH is 1. The van der Waals surface area contributed by atoms with Gasteiger partial charge in [-0.05, 0) is 19.1 Å². The van der Waals surface area contributed by atoms with Gasteiger partial charge >= 0.3 is 12.1 Å². The van der Waals surface area contributed by atoms with E-state index in [0.717, 1.165) is 6.07 Å². The van der Waals surface area contributed by atoms with Crippen molar-refractivity contribution in [2.45, 2.75) is 25.1 Å². The molecule has 0 saturated heterocycles. The summed E-state index contributed by atoms with van der Waals surface area (Å²) in [7, 11) is 0. The van der Waals surface area contributed by atoms with E-state index < -0.39 is 36.1 Å². The van der Waals surface area contributed by atoms with Crippen LogP contribution in [-0.2, 0) is 4.74 Å². The Bertz CT molecular complexity index is 693. The summed E-state index contributed by atoms with van der Waals surface area (Å²) in [5.41, 5.74) is -0.906. The largest absolute Gasteiger partial charge is 0.491 e. The van der Waals surface area contributed by atoms with Gasteiger partial charge in [0, 0.05) is 5.56 Å². The summed E-state index contributed by atoms with van der Waals surface area (Å²) in [6.45, 7) is 0.620. The number of benzene rings is 1. The lowest BCUT2D eigenvalue weighted by molar-refractivity contribution is -0.277. The number of hydrogen-bond acceptors (Lipinski definition) is 3. The van der Waals surface area contributed by atoms with E-state index in [1.54, 1.807) is 18.2 Å². The summed E-state index contributed by atoms with van der Waals surface area (Å²) < 4.78 is 68.9. The van der Waals surface area contributed by atoms with Crippen LogP contribution in [0.15, 0.2) is 41.7 Å². The average Bonchev–Trinajstić information content (AvgIpc) is 2.52. The summed E-state index contributed by atoms with van der Waals surface area (Å²) in [5, 5.41) is 18.7. The van der Waals surface area contributed by atoms with Crippen LogP contribution >= 0.6 is 0 Å². The Hall–Kier alpha value is -2.58. The lowest BCUT2D eigenvalue weighted by Crippen LogP contribution is -2.40. The number of allylic oxidation sites excluding steroid dienone is 1. The summed E-state index contributed by atoms with van der Waals surface area (Å²) in [5.74, 6) is -2.94. The van der Waals surface area contributed by atoms with Crippen molar-refractivity contribution in [3.8, 4) is 17.9 Å². The molecule has 1 N–H and O–H groups in total. The Morgan fingerprint density at radius 1 is 1.21 bits per heavy atom. The molecular formula is C16H12F5NO2. The fourth-order valence-electron chi connectivity index (χ4n) is 1.59. The van der Waals surface area contributed by atoms with Crippen molar-refractivity contribution in [2.75, 3.05) is 6.61 Å². The third kappa shape index (κ3) is 4.46. The molecule has 0 aliphatic rings. The van der Waals surface area contributed by atoms with E-state index in [0.29, 0.717) is 5.56 Å². The van der Waals surface area contributed by atoms with Crippen molar-refractivity contribution in [1.82, 2.24) is 0 Å². The standard InChI is InChI=1S/C16H12F5NO2/c1-2-24-14(15(17,18)16(19,20)21)12(10-22)13(23)9-8-11-6-4-3-5-7-11/h3-7,13,23H,2H2,1H3/b14-12+. The van der Waals surface area contributed by atoms with Gasteiger partial charge < -0.3 is 9.84 Å². The molecule has 1 atom stereocenters. The SMILES string of the molecule is CCO/C(=C(\C#N)C(O)C#Cc1ccccc1)C(F)(F)C(F)(F)F. The van der Waals surface area contributed by atoms with Gasteiger partial charge in [0.25, 0.3) is 0 Å². The van der Waals surface area contributed by atoms with Gasteiger partial charge in [0.05, 0.1) is 6.61 Å². The molecule has 0 fully saturated rings. The molecule has 0 saturated carbocycles. The van der Waals surface area contributed by atoms with Gasteiger partial charge in [-0.3, -0.25) is 0 Å². The van der Waals surface area contributed by atoms with Crippen LogP contribution in [0.3, 0.4) is 0 Å². The van der Waals surface area contributed by atoms with Gasteiger partial charge in [-0.25, -0.2) is 0 Å². The van der Waals surface area contributed by atoms with Crippen LogP contribution in [-0.4, -0.2) is 29.9 Å². The first-order valence-corrected chi connectivity index (χ1v) is 6.61. The lowest BCUT2D eigenvalue weighted by atomic mass is 10.1. The second kappa shape index (κ2) is 7.80. The molecule has 0 heterocycles. The Morgan fingerprint density at radius 2 is 1.79 bits per heavy atom. The molecule has 1 unspecified atom stereocenters. The minimum Gasteiger partial charge on any atom is -0.491 e. The van der Waals surface area contributed by atoms with Gasteiger partial charge in [-0.15, -0.1) is 0 Å². The van der Waals surface area contributed by atoms with Gasteiger partial charge in [-0.2, -0.15) is 27.2 Å². The van der Waals surface area contributed by atoms with Gasteiger partial charge in [0.1, 0.15) is 11.6 Å². The zero-order valence-electron chi connectivity index (χ0n) is 12.4. The third-order valence-corrected chi connectivity index (χ3v) is 2.70. The van der Waals surface area contributed by atoms with Crippen molar-refractivity contribution >= 4 is 0 Å². The summed E-state index contributed by atoms with van der Waals surface area (Å²) >= 11 is 0. The van der Waals surface area contributed by atoms with E-state index in [2.05, 4.69) is 16.6 Å². The zero-order chi connectivity index (χ0) is 18.4. The van der Waals surface area contributed by atoms with E-state index in [4.69, 9.17) is 5.26 Å². The minimum absolute atomic E-state index is 0.384. The van der Waals surface area contributed by atoms with Crippen molar-refractivity contribution in [2.24, 2.45) is 0 Å². The fourth-order valence-corrected chi connectivity index (χ4v) is 1.59. The second-order valence-electron chi connectivity index (χ2n) is 4.40. The van der Waals surface area contributed by atoms with Crippen LogP contribution < -0.4 is 0 Å². The fraction of sp³-hybridized carbons (Fsp3) is 0.312. The van der Waals surface area contributed by atoms with Gasteiger partial charge in [0.2, 0.25) is 0 Å². The Balaban J connectivity index is 3.33. The predicted octanol–water partition coefficient (Wildman–Crippen LogP) is 3.41.